The fourth-order valence-corrected chi connectivity index (χ4v) is 5.08. The van der Waals surface area contributed by atoms with Gasteiger partial charge in [-0.15, -0.1) is 0 Å². The van der Waals surface area contributed by atoms with Crippen LogP contribution in [-0.4, -0.2) is 65.5 Å². The second kappa shape index (κ2) is 6.90. The van der Waals surface area contributed by atoms with E-state index in [0.717, 1.165) is 9.21 Å². The molecule has 2 aliphatic heterocycles. The first-order chi connectivity index (χ1) is 12.1. The highest BCUT2D eigenvalue weighted by atomic mass is 35.5. The van der Waals surface area contributed by atoms with Crippen LogP contribution in [0.3, 0.4) is 0 Å². The van der Waals surface area contributed by atoms with Crippen LogP contribution in [0.5, 0.6) is 5.88 Å². The fourth-order valence-electron chi connectivity index (χ4n) is 3.19. The van der Waals surface area contributed by atoms with Gasteiger partial charge in [-0.05, 0) is 19.4 Å². The van der Waals surface area contributed by atoms with E-state index in [-0.39, 0.29) is 19.0 Å². The smallest absolute Gasteiger partial charge is 0.391 e. The highest BCUT2D eigenvalue weighted by Crippen LogP contribution is 2.34. The van der Waals surface area contributed by atoms with Crippen molar-refractivity contribution in [2.24, 2.45) is 0 Å². The predicted octanol–water partition coefficient (Wildman–Crippen LogP) is 2.37. The van der Waals surface area contributed by atoms with Crippen LogP contribution in [0, 0.1) is 0 Å². The summed E-state index contributed by atoms with van der Waals surface area (Å²) >= 11 is 5.69. The average molecular weight is 410 g/mol. The van der Waals surface area contributed by atoms with E-state index >= 15 is 0 Å². The molecule has 0 N–H and O–H groups in total. The van der Waals surface area contributed by atoms with Crippen molar-refractivity contribution in [2.45, 2.75) is 37.0 Å². The number of aromatic nitrogens is 1. The molecule has 1 aromatic heterocycles. The molecular formula is C15H18ClF2N3O4S. The van der Waals surface area contributed by atoms with Gasteiger partial charge in [-0.25, -0.2) is 27.0 Å². The zero-order chi connectivity index (χ0) is 19.1. The maximum atomic E-state index is 14.2. The molecular weight excluding hydrogens is 392 g/mol. The highest BCUT2D eigenvalue weighted by molar-refractivity contribution is 7.90. The van der Waals surface area contributed by atoms with E-state index in [0.29, 0.717) is 11.4 Å². The summed E-state index contributed by atoms with van der Waals surface area (Å²) in [6.07, 6.45) is 0.00962. The number of hydrogen-bond donors (Lipinski definition) is 0. The molecule has 0 saturated carbocycles. The number of carbonyl (C=O) groups excluding carboxylic acids is 1. The fraction of sp³-hybridized carbons (Fsp3) is 0.600. The lowest BCUT2D eigenvalue weighted by molar-refractivity contribution is -0.0761. The monoisotopic (exact) mass is 409 g/mol. The van der Waals surface area contributed by atoms with Crippen LogP contribution in [0.15, 0.2) is 18.3 Å². The highest BCUT2D eigenvalue weighted by Gasteiger charge is 2.49. The number of halogens is 3. The van der Waals surface area contributed by atoms with Crippen molar-refractivity contribution < 1.29 is 26.7 Å². The van der Waals surface area contributed by atoms with Gasteiger partial charge in [0.15, 0.2) is 0 Å². The Hall–Kier alpha value is -1.52. The van der Waals surface area contributed by atoms with Gasteiger partial charge in [0.1, 0.15) is 0 Å². The summed E-state index contributed by atoms with van der Waals surface area (Å²) in [7, 11) is -3.63. The van der Waals surface area contributed by atoms with E-state index in [4.69, 9.17) is 16.3 Å². The third-order valence-electron chi connectivity index (χ3n) is 4.54. The minimum absolute atomic E-state index is 0.0766. The number of likely N-dealkylation sites (tertiary alicyclic amines) is 1. The first-order valence-corrected chi connectivity index (χ1v) is 9.93. The van der Waals surface area contributed by atoms with Gasteiger partial charge in [-0.2, -0.15) is 4.31 Å². The predicted molar refractivity (Wildman–Crippen MR) is 89.9 cm³/mol. The Morgan fingerprint density at radius 3 is 2.73 bits per heavy atom. The Kier molecular flexibility index (Phi) is 5.11. The van der Waals surface area contributed by atoms with E-state index < -0.39 is 46.3 Å². The lowest BCUT2D eigenvalue weighted by Gasteiger charge is -2.39. The molecule has 1 aromatic rings. The second-order valence-corrected chi connectivity index (χ2v) is 9.27. The quantitative estimate of drug-likeness (QED) is 0.749. The van der Waals surface area contributed by atoms with Crippen molar-refractivity contribution >= 4 is 27.7 Å². The van der Waals surface area contributed by atoms with E-state index in [1.807, 2.05) is 0 Å². The topological polar surface area (TPSA) is 79.8 Å². The number of piperidine rings is 1. The van der Waals surface area contributed by atoms with Crippen molar-refractivity contribution in [3.05, 3.63) is 23.4 Å². The van der Waals surface area contributed by atoms with Gasteiger partial charge in [0.25, 0.3) is 5.92 Å². The maximum absolute atomic E-state index is 14.2. The third kappa shape index (κ3) is 3.91. The van der Waals surface area contributed by atoms with Gasteiger partial charge in [0.05, 0.1) is 16.8 Å². The zero-order valence-electron chi connectivity index (χ0n) is 13.9. The van der Waals surface area contributed by atoms with E-state index in [1.54, 1.807) is 6.92 Å². The minimum atomic E-state index is -3.63. The first kappa shape index (κ1) is 19.2. The van der Waals surface area contributed by atoms with Crippen LogP contribution in [0.4, 0.5) is 13.6 Å². The molecule has 7 nitrogen and oxygen atoms in total. The molecule has 0 aromatic carbocycles. The van der Waals surface area contributed by atoms with Crippen molar-refractivity contribution in [1.82, 2.24) is 14.2 Å². The van der Waals surface area contributed by atoms with E-state index in [1.165, 1.54) is 18.3 Å². The largest absolute Gasteiger partial charge is 0.416 e. The Balaban J connectivity index is 1.75. The number of amides is 1. The molecule has 3 rings (SSSR count). The lowest BCUT2D eigenvalue weighted by Crippen LogP contribution is -2.57. The van der Waals surface area contributed by atoms with E-state index in [2.05, 4.69) is 4.98 Å². The number of rotatable bonds is 2. The van der Waals surface area contributed by atoms with Crippen molar-refractivity contribution in [2.75, 3.05) is 19.6 Å². The van der Waals surface area contributed by atoms with Gasteiger partial charge in [-0.3, -0.25) is 0 Å². The molecule has 0 aliphatic carbocycles. The first-order valence-electron chi connectivity index (χ1n) is 8.05. The van der Waals surface area contributed by atoms with Gasteiger partial charge in [-0.1, -0.05) is 11.6 Å². The molecule has 2 aliphatic rings. The Morgan fingerprint density at radius 2 is 2.15 bits per heavy atom. The molecule has 144 valence electrons. The maximum Gasteiger partial charge on any atom is 0.416 e. The number of ether oxygens (including phenoxy) is 1. The molecule has 0 unspecified atom stereocenters. The standard InChI is InChI=1S/C15H18ClF2N3O4S/c1-10-4-5-21(26(10,23)24)12-6-15(17,18)9-20(8-12)14(22)25-13-3-2-11(16)7-19-13/h2-3,7,10,12H,4-6,8-9H2,1H3/t10-,12-/m1/s1. The van der Waals surface area contributed by atoms with Gasteiger partial charge < -0.3 is 9.64 Å². The molecule has 2 atom stereocenters. The summed E-state index contributed by atoms with van der Waals surface area (Å²) < 4.78 is 59.1. The van der Waals surface area contributed by atoms with Gasteiger partial charge in [0, 0.05) is 37.8 Å². The molecule has 0 radical (unpaired) electrons. The number of pyridine rings is 1. The SMILES string of the molecule is C[C@@H]1CCN([C@H]2CN(C(=O)Oc3ccc(Cl)cn3)CC(F)(F)C2)S1(=O)=O. The number of sulfonamides is 1. The molecule has 1 amide bonds. The summed E-state index contributed by atoms with van der Waals surface area (Å²) in [6.45, 7) is 0.730. The van der Waals surface area contributed by atoms with Crippen molar-refractivity contribution in [1.29, 1.82) is 0 Å². The number of hydrogen-bond acceptors (Lipinski definition) is 5. The average Bonchev–Trinajstić information content (AvgIpc) is 2.81. The number of nitrogens with zero attached hydrogens (tertiary/aromatic N) is 3. The summed E-state index contributed by atoms with van der Waals surface area (Å²) in [5.41, 5.74) is 0. The molecule has 2 saturated heterocycles. The summed E-state index contributed by atoms with van der Waals surface area (Å²) in [5, 5.41) is -0.278. The Morgan fingerprint density at radius 1 is 1.42 bits per heavy atom. The van der Waals surface area contributed by atoms with Crippen molar-refractivity contribution in [3.8, 4) is 5.88 Å². The third-order valence-corrected chi connectivity index (χ3v) is 7.15. The Bertz CT molecular complexity index is 791. The van der Waals surface area contributed by atoms with Gasteiger partial charge in [0.2, 0.25) is 15.9 Å². The molecule has 0 bridgehead atoms. The molecule has 11 heteroatoms. The van der Waals surface area contributed by atoms with Crippen LogP contribution in [0.25, 0.3) is 0 Å². The van der Waals surface area contributed by atoms with Crippen LogP contribution in [0.1, 0.15) is 19.8 Å². The summed E-state index contributed by atoms with van der Waals surface area (Å²) in [5.74, 6) is -3.29. The van der Waals surface area contributed by atoms with Crippen LogP contribution < -0.4 is 4.74 Å². The van der Waals surface area contributed by atoms with Crippen LogP contribution in [0.2, 0.25) is 5.02 Å². The lowest BCUT2D eigenvalue weighted by atomic mass is 10.0. The number of carbonyl (C=O) groups is 1. The summed E-state index contributed by atoms with van der Waals surface area (Å²) in [6, 6.07) is 1.80. The minimum Gasteiger partial charge on any atom is -0.391 e. The van der Waals surface area contributed by atoms with Gasteiger partial charge >= 0.3 is 6.09 Å². The number of alkyl halides is 2. The second-order valence-electron chi connectivity index (χ2n) is 6.53. The molecule has 3 heterocycles. The zero-order valence-corrected chi connectivity index (χ0v) is 15.5. The molecule has 26 heavy (non-hydrogen) atoms. The van der Waals surface area contributed by atoms with E-state index in [9.17, 15) is 22.0 Å². The van der Waals surface area contributed by atoms with Crippen LogP contribution in [-0.2, 0) is 10.0 Å². The van der Waals surface area contributed by atoms with Crippen LogP contribution >= 0.6 is 11.6 Å². The van der Waals surface area contributed by atoms with Crippen molar-refractivity contribution in [3.63, 3.8) is 0 Å². The summed E-state index contributed by atoms with van der Waals surface area (Å²) in [4.78, 5) is 16.9. The molecule has 2 fully saturated rings. The molecule has 0 spiro atoms. The normalized spacial score (nSPS) is 28.1. The Labute approximate surface area is 154 Å².